The van der Waals surface area contributed by atoms with Gasteiger partial charge in [0.1, 0.15) is 11.6 Å². The SMILES string of the molecule is Fc1ccc(-c2cc(F)ccc2Br)cc1. The molecule has 0 saturated carbocycles. The van der Waals surface area contributed by atoms with E-state index in [1.54, 1.807) is 18.2 Å². The van der Waals surface area contributed by atoms with Crippen molar-refractivity contribution in [2.45, 2.75) is 0 Å². The summed E-state index contributed by atoms with van der Waals surface area (Å²) < 4.78 is 26.5. The smallest absolute Gasteiger partial charge is 0.123 e. The lowest BCUT2D eigenvalue weighted by Gasteiger charge is -2.04. The highest BCUT2D eigenvalue weighted by Gasteiger charge is 2.04. The predicted octanol–water partition coefficient (Wildman–Crippen LogP) is 4.39. The van der Waals surface area contributed by atoms with E-state index in [0.29, 0.717) is 0 Å². The minimum absolute atomic E-state index is 0.300. The Bertz CT molecular complexity index is 477. The molecule has 0 unspecified atom stereocenters. The fourth-order valence-electron chi connectivity index (χ4n) is 1.35. The third-order valence-corrected chi connectivity index (χ3v) is 2.78. The van der Waals surface area contributed by atoms with Crippen LogP contribution in [0.15, 0.2) is 46.9 Å². The fourth-order valence-corrected chi connectivity index (χ4v) is 1.82. The molecule has 0 aromatic heterocycles. The van der Waals surface area contributed by atoms with E-state index in [2.05, 4.69) is 15.9 Å². The molecular weight excluding hydrogens is 262 g/mol. The van der Waals surface area contributed by atoms with Gasteiger partial charge < -0.3 is 0 Å². The molecule has 0 N–H and O–H groups in total. The average molecular weight is 269 g/mol. The molecule has 0 spiro atoms. The Hall–Kier alpha value is -1.22. The third-order valence-electron chi connectivity index (χ3n) is 2.08. The zero-order chi connectivity index (χ0) is 10.8. The zero-order valence-electron chi connectivity index (χ0n) is 7.68. The van der Waals surface area contributed by atoms with Crippen LogP contribution < -0.4 is 0 Å². The largest absolute Gasteiger partial charge is 0.207 e. The normalized spacial score (nSPS) is 10.3. The maximum absolute atomic E-state index is 13.0. The highest BCUT2D eigenvalue weighted by molar-refractivity contribution is 9.10. The van der Waals surface area contributed by atoms with Crippen LogP contribution in [-0.4, -0.2) is 0 Å². The van der Waals surface area contributed by atoms with Gasteiger partial charge in [0.05, 0.1) is 0 Å². The zero-order valence-corrected chi connectivity index (χ0v) is 9.26. The number of hydrogen-bond donors (Lipinski definition) is 0. The van der Waals surface area contributed by atoms with Crippen molar-refractivity contribution < 1.29 is 8.78 Å². The van der Waals surface area contributed by atoms with E-state index in [0.717, 1.165) is 15.6 Å². The molecule has 0 aliphatic carbocycles. The topological polar surface area (TPSA) is 0 Å². The summed E-state index contributed by atoms with van der Waals surface area (Å²) in [7, 11) is 0. The van der Waals surface area contributed by atoms with Crippen LogP contribution in [0.3, 0.4) is 0 Å². The molecule has 2 aromatic carbocycles. The van der Waals surface area contributed by atoms with Crippen molar-refractivity contribution in [2.24, 2.45) is 0 Å². The summed E-state index contributed by atoms with van der Waals surface area (Å²) in [5.74, 6) is -0.608. The van der Waals surface area contributed by atoms with Gasteiger partial charge >= 0.3 is 0 Å². The first-order chi connectivity index (χ1) is 7.16. The second-order valence-corrected chi connectivity index (χ2v) is 3.99. The van der Waals surface area contributed by atoms with Gasteiger partial charge in [-0.25, -0.2) is 8.78 Å². The molecule has 0 radical (unpaired) electrons. The van der Waals surface area contributed by atoms with Gasteiger partial charge in [-0.05, 0) is 41.5 Å². The molecule has 0 nitrogen and oxygen atoms in total. The summed E-state index contributed by atoms with van der Waals surface area (Å²) in [5.41, 5.74) is 1.50. The molecule has 0 heterocycles. The van der Waals surface area contributed by atoms with Crippen LogP contribution >= 0.6 is 15.9 Å². The van der Waals surface area contributed by atoms with Crippen LogP contribution in [-0.2, 0) is 0 Å². The minimum Gasteiger partial charge on any atom is -0.207 e. The Kier molecular flexibility index (Phi) is 2.82. The first-order valence-corrected chi connectivity index (χ1v) is 5.17. The number of halogens is 3. The van der Waals surface area contributed by atoms with Gasteiger partial charge in [0.25, 0.3) is 0 Å². The first kappa shape index (κ1) is 10.3. The monoisotopic (exact) mass is 268 g/mol. The van der Waals surface area contributed by atoms with Gasteiger partial charge in [0, 0.05) is 4.47 Å². The maximum atomic E-state index is 13.0. The van der Waals surface area contributed by atoms with Gasteiger partial charge in [0.15, 0.2) is 0 Å². The van der Waals surface area contributed by atoms with E-state index in [9.17, 15) is 8.78 Å². The van der Waals surface area contributed by atoms with Gasteiger partial charge in [-0.3, -0.25) is 0 Å². The van der Waals surface area contributed by atoms with Crippen molar-refractivity contribution >= 4 is 15.9 Å². The van der Waals surface area contributed by atoms with Gasteiger partial charge in [-0.1, -0.05) is 28.1 Å². The highest BCUT2D eigenvalue weighted by atomic mass is 79.9. The Morgan fingerprint density at radius 3 is 2.07 bits per heavy atom. The molecule has 2 aromatic rings. The third kappa shape index (κ3) is 2.23. The van der Waals surface area contributed by atoms with E-state index in [1.807, 2.05) is 0 Å². The van der Waals surface area contributed by atoms with Crippen LogP contribution in [0.1, 0.15) is 0 Å². The Morgan fingerprint density at radius 1 is 0.800 bits per heavy atom. The van der Waals surface area contributed by atoms with Crippen molar-refractivity contribution in [2.75, 3.05) is 0 Å². The molecule has 0 amide bonds. The highest BCUT2D eigenvalue weighted by Crippen LogP contribution is 2.28. The van der Waals surface area contributed by atoms with Crippen LogP contribution in [0.2, 0.25) is 0 Å². The second kappa shape index (κ2) is 4.11. The molecule has 0 fully saturated rings. The average Bonchev–Trinajstić information content (AvgIpc) is 2.23. The van der Waals surface area contributed by atoms with E-state index < -0.39 is 0 Å². The van der Waals surface area contributed by atoms with Crippen LogP contribution in [0.5, 0.6) is 0 Å². The summed E-state index contributed by atoms with van der Waals surface area (Å²) in [6.07, 6.45) is 0. The molecule has 0 aliphatic rings. The molecule has 2 rings (SSSR count). The van der Waals surface area contributed by atoms with Crippen LogP contribution in [0.25, 0.3) is 11.1 Å². The molecule has 3 heteroatoms. The number of hydrogen-bond acceptors (Lipinski definition) is 0. The minimum atomic E-state index is -0.308. The predicted molar refractivity (Wildman–Crippen MR) is 59.5 cm³/mol. The Morgan fingerprint density at radius 2 is 1.40 bits per heavy atom. The Labute approximate surface area is 94.7 Å². The Balaban J connectivity index is 2.53. The maximum Gasteiger partial charge on any atom is 0.123 e. The summed E-state index contributed by atoms with van der Waals surface area (Å²) in [5, 5.41) is 0. The van der Waals surface area contributed by atoms with Crippen molar-refractivity contribution in [1.82, 2.24) is 0 Å². The van der Waals surface area contributed by atoms with Gasteiger partial charge in [-0.2, -0.15) is 0 Å². The van der Waals surface area contributed by atoms with Crippen LogP contribution in [0.4, 0.5) is 8.78 Å². The van der Waals surface area contributed by atoms with E-state index in [1.165, 1.54) is 24.3 Å². The molecule has 0 atom stereocenters. The molecule has 76 valence electrons. The van der Waals surface area contributed by atoms with Crippen LogP contribution in [0, 0.1) is 11.6 Å². The van der Waals surface area contributed by atoms with Gasteiger partial charge in [0.2, 0.25) is 0 Å². The van der Waals surface area contributed by atoms with Crippen molar-refractivity contribution in [3.05, 3.63) is 58.6 Å². The lowest BCUT2D eigenvalue weighted by atomic mass is 10.1. The summed E-state index contributed by atoms with van der Waals surface area (Å²) in [6, 6.07) is 10.4. The molecular formula is C12H7BrF2. The summed E-state index contributed by atoms with van der Waals surface area (Å²) in [4.78, 5) is 0. The standard InChI is InChI=1S/C12H7BrF2/c13-12-6-5-10(15)7-11(12)8-1-3-9(14)4-2-8/h1-7H. The van der Waals surface area contributed by atoms with E-state index in [-0.39, 0.29) is 11.6 Å². The molecule has 0 aliphatic heterocycles. The lowest BCUT2D eigenvalue weighted by molar-refractivity contribution is 0.627. The number of benzene rings is 2. The van der Waals surface area contributed by atoms with Gasteiger partial charge in [-0.15, -0.1) is 0 Å². The fraction of sp³-hybridized carbons (Fsp3) is 0. The lowest BCUT2D eigenvalue weighted by Crippen LogP contribution is -1.83. The van der Waals surface area contributed by atoms with Crippen molar-refractivity contribution in [3.63, 3.8) is 0 Å². The number of rotatable bonds is 1. The second-order valence-electron chi connectivity index (χ2n) is 3.13. The van der Waals surface area contributed by atoms with Crippen molar-refractivity contribution in [1.29, 1.82) is 0 Å². The van der Waals surface area contributed by atoms with E-state index in [4.69, 9.17) is 0 Å². The summed E-state index contributed by atoms with van der Waals surface area (Å²) in [6.45, 7) is 0. The first-order valence-electron chi connectivity index (χ1n) is 4.38. The molecule has 15 heavy (non-hydrogen) atoms. The quantitative estimate of drug-likeness (QED) is 0.720. The molecule has 0 saturated heterocycles. The molecule has 0 bridgehead atoms. The van der Waals surface area contributed by atoms with E-state index >= 15 is 0 Å². The van der Waals surface area contributed by atoms with Crippen molar-refractivity contribution in [3.8, 4) is 11.1 Å². The summed E-state index contributed by atoms with van der Waals surface area (Å²) >= 11 is 3.33.